The lowest BCUT2D eigenvalue weighted by Crippen LogP contribution is -2.36. The van der Waals surface area contributed by atoms with Crippen LogP contribution in [0.3, 0.4) is 0 Å². The molecule has 0 aliphatic carbocycles. The summed E-state index contributed by atoms with van der Waals surface area (Å²) in [5.74, 6) is -1.17. The van der Waals surface area contributed by atoms with Gasteiger partial charge in [-0.15, -0.1) is 0 Å². The lowest BCUT2D eigenvalue weighted by atomic mass is 10.1. The molecule has 1 N–H and O–H groups in total. The second-order valence-corrected chi connectivity index (χ2v) is 5.53. The molecule has 0 aliphatic rings. The second kappa shape index (κ2) is 6.95. The summed E-state index contributed by atoms with van der Waals surface area (Å²) in [6.45, 7) is 0.496. The summed E-state index contributed by atoms with van der Waals surface area (Å²) in [5, 5.41) is 2.84. The van der Waals surface area contributed by atoms with Gasteiger partial charge in [0.15, 0.2) is 0 Å². The third-order valence-electron chi connectivity index (χ3n) is 3.84. The van der Waals surface area contributed by atoms with Gasteiger partial charge in [0.25, 0.3) is 11.7 Å². The molecule has 6 heteroatoms. The van der Waals surface area contributed by atoms with Crippen LogP contribution in [0.25, 0.3) is 0 Å². The molecule has 2 heterocycles. The Bertz CT molecular complexity index is 822. The van der Waals surface area contributed by atoms with Crippen LogP contribution < -0.4 is 5.32 Å². The quantitative estimate of drug-likeness (QED) is 0.557. The van der Waals surface area contributed by atoms with Gasteiger partial charge in [0, 0.05) is 32.2 Å². The molecule has 2 aromatic heterocycles. The number of carbonyl (C=O) groups is 2. The first-order valence-electron chi connectivity index (χ1n) is 7.62. The molecule has 0 saturated heterocycles. The number of carbonyl (C=O) groups excluding carboxylic acids is 2. The van der Waals surface area contributed by atoms with Crippen LogP contribution in [0, 0.1) is 0 Å². The molecule has 0 spiro atoms. The number of aryl methyl sites for hydroxylation is 1. The topological polar surface area (TPSA) is 68.9 Å². The van der Waals surface area contributed by atoms with Crippen molar-refractivity contribution in [2.75, 3.05) is 0 Å². The zero-order valence-corrected chi connectivity index (χ0v) is 13.3. The highest BCUT2D eigenvalue weighted by molar-refractivity contribution is 6.42. The summed E-state index contributed by atoms with van der Waals surface area (Å²) in [5.41, 5.74) is 1.29. The summed E-state index contributed by atoms with van der Waals surface area (Å²) in [6, 6.07) is 12.6. The molecule has 1 aromatic carbocycles. The van der Waals surface area contributed by atoms with Crippen LogP contribution in [0.15, 0.2) is 67.4 Å². The van der Waals surface area contributed by atoms with E-state index in [1.165, 1.54) is 0 Å². The largest absolute Gasteiger partial charge is 0.348 e. The fraction of sp³-hybridized carbons (Fsp3) is 0.167. The molecular weight excluding hydrogens is 304 g/mol. The van der Waals surface area contributed by atoms with Gasteiger partial charge in [-0.2, -0.15) is 0 Å². The van der Waals surface area contributed by atoms with Crippen molar-refractivity contribution < 1.29 is 9.59 Å². The van der Waals surface area contributed by atoms with Gasteiger partial charge in [0.1, 0.15) is 0 Å². The lowest BCUT2D eigenvalue weighted by Gasteiger charge is -2.19. The predicted octanol–water partition coefficient (Wildman–Crippen LogP) is 1.96. The van der Waals surface area contributed by atoms with Crippen LogP contribution in [0.5, 0.6) is 0 Å². The van der Waals surface area contributed by atoms with E-state index >= 15 is 0 Å². The lowest BCUT2D eigenvalue weighted by molar-refractivity contribution is -0.117. The fourth-order valence-electron chi connectivity index (χ4n) is 2.56. The number of ketones is 1. The van der Waals surface area contributed by atoms with Gasteiger partial charge < -0.3 is 14.5 Å². The van der Waals surface area contributed by atoms with E-state index < -0.39 is 11.7 Å². The molecule has 6 nitrogen and oxygen atoms in total. The van der Waals surface area contributed by atoms with Crippen molar-refractivity contribution in [1.82, 2.24) is 19.4 Å². The molecule has 1 atom stereocenters. The van der Waals surface area contributed by atoms with Crippen LogP contribution >= 0.6 is 0 Å². The number of hydrogen-bond acceptors (Lipinski definition) is 3. The summed E-state index contributed by atoms with van der Waals surface area (Å²) in [6.07, 6.45) is 6.92. The van der Waals surface area contributed by atoms with E-state index in [9.17, 15) is 9.59 Å². The number of nitrogens with zero attached hydrogens (tertiary/aromatic N) is 3. The van der Waals surface area contributed by atoms with Crippen molar-refractivity contribution in [3.8, 4) is 0 Å². The predicted molar refractivity (Wildman–Crippen MR) is 89.3 cm³/mol. The molecule has 0 aliphatic heterocycles. The fourth-order valence-corrected chi connectivity index (χ4v) is 2.56. The van der Waals surface area contributed by atoms with Crippen molar-refractivity contribution >= 4 is 11.7 Å². The van der Waals surface area contributed by atoms with Crippen LogP contribution in [0.4, 0.5) is 0 Å². The number of imidazole rings is 1. The normalized spacial score (nSPS) is 11.9. The molecule has 0 saturated carbocycles. The SMILES string of the molecule is Cn1cccc1C(=O)C(=O)NC(Cn1ccnc1)c1ccccc1. The van der Waals surface area contributed by atoms with Crippen LogP contribution in [-0.2, 0) is 18.4 Å². The van der Waals surface area contributed by atoms with Gasteiger partial charge in [-0.25, -0.2) is 4.98 Å². The highest BCUT2D eigenvalue weighted by Crippen LogP contribution is 2.15. The molecule has 3 aromatic rings. The number of hydrogen-bond donors (Lipinski definition) is 1. The van der Waals surface area contributed by atoms with E-state index in [4.69, 9.17) is 0 Å². The van der Waals surface area contributed by atoms with Gasteiger partial charge in [-0.3, -0.25) is 9.59 Å². The maximum atomic E-state index is 12.4. The third kappa shape index (κ3) is 3.43. The maximum absolute atomic E-state index is 12.4. The molecular formula is C18H18N4O2. The first-order chi connectivity index (χ1) is 11.6. The third-order valence-corrected chi connectivity index (χ3v) is 3.84. The van der Waals surface area contributed by atoms with E-state index in [1.807, 2.05) is 41.1 Å². The van der Waals surface area contributed by atoms with E-state index in [2.05, 4.69) is 10.3 Å². The number of benzene rings is 1. The zero-order chi connectivity index (χ0) is 16.9. The minimum absolute atomic E-state index is 0.322. The standard InChI is InChI=1S/C18H18N4O2/c1-21-10-5-8-16(21)17(23)18(24)20-15(12-22-11-9-19-13-22)14-6-3-2-4-7-14/h2-11,13,15H,12H2,1H3,(H,20,24). The van der Waals surface area contributed by atoms with Crippen LogP contribution in [0.2, 0.25) is 0 Å². The Morgan fingerprint density at radius 3 is 2.54 bits per heavy atom. The number of rotatable bonds is 6. The van der Waals surface area contributed by atoms with Crippen molar-refractivity contribution in [1.29, 1.82) is 0 Å². The molecule has 122 valence electrons. The number of amides is 1. The second-order valence-electron chi connectivity index (χ2n) is 5.53. The van der Waals surface area contributed by atoms with Gasteiger partial charge >= 0.3 is 0 Å². The van der Waals surface area contributed by atoms with Gasteiger partial charge in [-0.1, -0.05) is 30.3 Å². The Morgan fingerprint density at radius 2 is 1.92 bits per heavy atom. The molecule has 0 fully saturated rings. The highest BCUT2D eigenvalue weighted by atomic mass is 16.2. The molecule has 3 rings (SSSR count). The van der Waals surface area contributed by atoms with Gasteiger partial charge in [0.2, 0.25) is 0 Å². The van der Waals surface area contributed by atoms with Crippen molar-refractivity contribution in [2.45, 2.75) is 12.6 Å². The Morgan fingerprint density at radius 1 is 1.12 bits per heavy atom. The molecule has 0 bridgehead atoms. The van der Waals surface area contributed by atoms with Crippen LogP contribution in [-0.4, -0.2) is 25.8 Å². The van der Waals surface area contributed by atoms with Gasteiger partial charge in [-0.05, 0) is 17.7 Å². The Balaban J connectivity index is 1.80. The van der Waals surface area contributed by atoms with Crippen LogP contribution in [0.1, 0.15) is 22.1 Å². The molecule has 1 unspecified atom stereocenters. The van der Waals surface area contributed by atoms with E-state index in [0.717, 1.165) is 5.56 Å². The Hall–Kier alpha value is -3.15. The number of aromatic nitrogens is 3. The average Bonchev–Trinajstić information content (AvgIpc) is 3.26. The summed E-state index contributed by atoms with van der Waals surface area (Å²) < 4.78 is 3.50. The number of nitrogens with one attached hydrogen (secondary N) is 1. The monoisotopic (exact) mass is 322 g/mol. The Kier molecular flexibility index (Phi) is 4.56. The van der Waals surface area contributed by atoms with Crippen molar-refractivity contribution in [3.63, 3.8) is 0 Å². The first-order valence-corrected chi connectivity index (χ1v) is 7.62. The van der Waals surface area contributed by atoms with Crippen molar-refractivity contribution in [2.24, 2.45) is 7.05 Å². The highest BCUT2D eigenvalue weighted by Gasteiger charge is 2.23. The van der Waals surface area contributed by atoms with E-state index in [0.29, 0.717) is 12.2 Å². The van der Waals surface area contributed by atoms with Crippen molar-refractivity contribution in [3.05, 3.63) is 78.6 Å². The van der Waals surface area contributed by atoms with Gasteiger partial charge in [0.05, 0.1) is 18.1 Å². The molecule has 0 radical (unpaired) electrons. The summed E-state index contributed by atoms with van der Waals surface area (Å²) in [4.78, 5) is 28.8. The molecule has 1 amide bonds. The molecule has 24 heavy (non-hydrogen) atoms. The minimum atomic E-state index is -0.620. The number of Topliss-reactive ketones (excluding diaryl/α,β-unsaturated/α-hetero) is 1. The van der Waals surface area contributed by atoms with E-state index in [1.54, 1.807) is 42.5 Å². The minimum Gasteiger partial charge on any atom is -0.348 e. The average molecular weight is 322 g/mol. The zero-order valence-electron chi connectivity index (χ0n) is 13.3. The van der Waals surface area contributed by atoms with E-state index in [-0.39, 0.29) is 6.04 Å². The summed E-state index contributed by atoms with van der Waals surface area (Å²) >= 11 is 0. The summed E-state index contributed by atoms with van der Waals surface area (Å²) in [7, 11) is 1.74. The maximum Gasteiger partial charge on any atom is 0.294 e. The smallest absolute Gasteiger partial charge is 0.294 e. The first kappa shape index (κ1) is 15.7. The Labute approximate surface area is 139 Å².